The largest absolute Gasteiger partial charge is 0.481 e. The summed E-state index contributed by atoms with van der Waals surface area (Å²) in [6.07, 6.45) is 0.852. The van der Waals surface area contributed by atoms with Crippen molar-refractivity contribution in [3.8, 4) is 0 Å². The summed E-state index contributed by atoms with van der Waals surface area (Å²) in [5, 5.41) is 10.8. The van der Waals surface area contributed by atoms with Crippen molar-refractivity contribution in [3.63, 3.8) is 0 Å². The molecule has 1 fully saturated rings. The number of nitrogens with one attached hydrogen (secondary N) is 1. The van der Waals surface area contributed by atoms with Crippen LogP contribution < -0.4 is 5.32 Å². The van der Waals surface area contributed by atoms with Crippen molar-refractivity contribution >= 4 is 17.8 Å². The second kappa shape index (κ2) is 5.33. The van der Waals surface area contributed by atoms with E-state index in [0.29, 0.717) is 13.0 Å². The van der Waals surface area contributed by atoms with Crippen LogP contribution in [0.5, 0.6) is 0 Å². The summed E-state index contributed by atoms with van der Waals surface area (Å²) in [6.45, 7) is 0.332. The zero-order chi connectivity index (χ0) is 11.3. The molecule has 1 amide bonds. The Balaban J connectivity index is 2.18. The van der Waals surface area contributed by atoms with E-state index in [9.17, 15) is 14.4 Å². The Bertz CT molecular complexity index is 276. The van der Waals surface area contributed by atoms with Crippen molar-refractivity contribution in [2.45, 2.75) is 31.7 Å². The minimum absolute atomic E-state index is 0.0392. The van der Waals surface area contributed by atoms with Crippen molar-refractivity contribution in [1.82, 2.24) is 5.32 Å². The molecule has 0 aromatic rings. The molecule has 6 nitrogen and oxygen atoms in total. The second-order valence-electron chi connectivity index (χ2n) is 3.32. The maximum atomic E-state index is 11.2. The number of amides is 1. The molecular formula is C9H13NO5. The summed E-state index contributed by atoms with van der Waals surface area (Å²) >= 11 is 0. The molecule has 1 rings (SSSR count). The van der Waals surface area contributed by atoms with Gasteiger partial charge in [0.05, 0.1) is 6.61 Å². The molecule has 1 aliphatic heterocycles. The Kier molecular flexibility index (Phi) is 4.08. The summed E-state index contributed by atoms with van der Waals surface area (Å²) in [5.41, 5.74) is 0. The van der Waals surface area contributed by atoms with Crippen molar-refractivity contribution in [2.75, 3.05) is 6.61 Å². The van der Waals surface area contributed by atoms with Crippen LogP contribution in [-0.4, -0.2) is 35.6 Å². The summed E-state index contributed by atoms with van der Waals surface area (Å²) < 4.78 is 4.66. The molecule has 1 unspecified atom stereocenters. The lowest BCUT2D eigenvalue weighted by molar-refractivity contribution is -0.141. The fourth-order valence-electron chi connectivity index (χ4n) is 1.29. The van der Waals surface area contributed by atoms with E-state index in [2.05, 4.69) is 10.1 Å². The second-order valence-corrected chi connectivity index (χ2v) is 3.32. The Labute approximate surface area is 86.6 Å². The third kappa shape index (κ3) is 3.97. The van der Waals surface area contributed by atoms with Gasteiger partial charge in [-0.25, -0.2) is 4.79 Å². The molecule has 6 heteroatoms. The molecule has 0 aromatic heterocycles. The van der Waals surface area contributed by atoms with Gasteiger partial charge in [-0.2, -0.15) is 0 Å². The van der Waals surface area contributed by atoms with E-state index in [1.165, 1.54) is 0 Å². The maximum Gasteiger partial charge on any atom is 0.328 e. The first-order valence-electron chi connectivity index (χ1n) is 4.77. The van der Waals surface area contributed by atoms with Crippen molar-refractivity contribution < 1.29 is 24.2 Å². The van der Waals surface area contributed by atoms with Gasteiger partial charge in [-0.15, -0.1) is 0 Å². The highest BCUT2D eigenvalue weighted by Gasteiger charge is 2.27. The molecule has 0 radical (unpaired) electrons. The topological polar surface area (TPSA) is 92.7 Å². The van der Waals surface area contributed by atoms with Gasteiger partial charge in [0, 0.05) is 19.3 Å². The van der Waals surface area contributed by atoms with Crippen LogP contribution in [0.1, 0.15) is 25.7 Å². The highest BCUT2D eigenvalue weighted by Crippen LogP contribution is 2.06. The third-order valence-electron chi connectivity index (χ3n) is 2.07. The zero-order valence-corrected chi connectivity index (χ0v) is 8.19. The fourth-order valence-corrected chi connectivity index (χ4v) is 1.29. The smallest absolute Gasteiger partial charge is 0.328 e. The van der Waals surface area contributed by atoms with Gasteiger partial charge in [0.2, 0.25) is 5.91 Å². The van der Waals surface area contributed by atoms with E-state index in [1.54, 1.807) is 0 Å². The summed E-state index contributed by atoms with van der Waals surface area (Å²) in [4.78, 5) is 32.3. The van der Waals surface area contributed by atoms with Gasteiger partial charge in [-0.05, 0) is 6.42 Å². The van der Waals surface area contributed by atoms with Gasteiger partial charge in [-0.3, -0.25) is 9.59 Å². The number of carboxylic acids is 1. The molecule has 1 atom stereocenters. The predicted molar refractivity (Wildman–Crippen MR) is 49.0 cm³/mol. The maximum absolute atomic E-state index is 11.2. The molecular weight excluding hydrogens is 202 g/mol. The van der Waals surface area contributed by atoms with Gasteiger partial charge in [0.15, 0.2) is 0 Å². The Morgan fingerprint density at radius 1 is 1.47 bits per heavy atom. The number of carboxylic acid groups (broad SMARTS) is 1. The summed E-state index contributed by atoms with van der Waals surface area (Å²) in [7, 11) is 0. The molecule has 1 heterocycles. The van der Waals surface area contributed by atoms with Crippen LogP contribution in [0.4, 0.5) is 0 Å². The van der Waals surface area contributed by atoms with Crippen LogP contribution in [0.25, 0.3) is 0 Å². The van der Waals surface area contributed by atoms with Gasteiger partial charge in [-0.1, -0.05) is 0 Å². The first-order valence-corrected chi connectivity index (χ1v) is 4.77. The van der Waals surface area contributed by atoms with Gasteiger partial charge in [0.25, 0.3) is 0 Å². The number of hydrogen-bond acceptors (Lipinski definition) is 4. The molecule has 1 saturated heterocycles. The number of carbonyl (C=O) groups excluding carboxylic acids is 2. The Morgan fingerprint density at radius 2 is 2.20 bits per heavy atom. The van der Waals surface area contributed by atoms with E-state index >= 15 is 0 Å². The van der Waals surface area contributed by atoms with E-state index in [4.69, 9.17) is 5.11 Å². The number of esters is 1. The lowest BCUT2D eigenvalue weighted by Gasteiger charge is -2.07. The summed E-state index contributed by atoms with van der Waals surface area (Å²) in [6, 6.07) is -0.553. The highest BCUT2D eigenvalue weighted by atomic mass is 16.5. The van der Waals surface area contributed by atoms with Gasteiger partial charge < -0.3 is 15.2 Å². The SMILES string of the molecule is O=C(O)CCCC(=O)NC1CCOC1=O. The Hall–Kier alpha value is -1.59. The molecule has 0 spiro atoms. The van der Waals surface area contributed by atoms with E-state index in [1.807, 2.05) is 0 Å². The number of hydrogen-bond donors (Lipinski definition) is 2. The quantitative estimate of drug-likeness (QED) is 0.613. The molecule has 0 aliphatic carbocycles. The van der Waals surface area contributed by atoms with E-state index in [-0.39, 0.29) is 25.2 Å². The minimum atomic E-state index is -0.928. The third-order valence-corrected chi connectivity index (χ3v) is 2.07. The molecule has 0 bridgehead atoms. The Morgan fingerprint density at radius 3 is 2.73 bits per heavy atom. The number of aliphatic carboxylic acids is 1. The standard InChI is InChI=1S/C9H13NO5/c11-7(2-1-3-8(12)13)10-6-4-5-15-9(6)14/h6H,1-5H2,(H,10,11)(H,12,13). The van der Waals surface area contributed by atoms with E-state index in [0.717, 1.165) is 0 Å². The zero-order valence-electron chi connectivity index (χ0n) is 8.19. The number of ether oxygens (including phenoxy) is 1. The highest BCUT2D eigenvalue weighted by molar-refractivity contribution is 5.85. The molecule has 0 aromatic carbocycles. The fraction of sp³-hybridized carbons (Fsp3) is 0.667. The average Bonchev–Trinajstić information content (AvgIpc) is 2.51. The predicted octanol–water partition coefficient (Wildman–Crippen LogP) is -0.327. The van der Waals surface area contributed by atoms with Crippen LogP contribution in [0.15, 0.2) is 0 Å². The molecule has 15 heavy (non-hydrogen) atoms. The lowest BCUT2D eigenvalue weighted by atomic mass is 10.2. The monoisotopic (exact) mass is 215 g/mol. The number of cyclic esters (lactones) is 1. The average molecular weight is 215 g/mol. The molecule has 1 aliphatic rings. The van der Waals surface area contributed by atoms with Crippen LogP contribution in [-0.2, 0) is 19.1 Å². The lowest BCUT2D eigenvalue weighted by Crippen LogP contribution is -2.37. The normalized spacial score (nSPS) is 19.7. The first kappa shape index (κ1) is 11.5. The van der Waals surface area contributed by atoms with Crippen molar-refractivity contribution in [1.29, 1.82) is 0 Å². The van der Waals surface area contributed by atoms with Crippen molar-refractivity contribution in [2.24, 2.45) is 0 Å². The van der Waals surface area contributed by atoms with Gasteiger partial charge >= 0.3 is 11.9 Å². The minimum Gasteiger partial charge on any atom is -0.481 e. The number of carbonyl (C=O) groups is 3. The molecule has 84 valence electrons. The van der Waals surface area contributed by atoms with Crippen LogP contribution in [0.2, 0.25) is 0 Å². The van der Waals surface area contributed by atoms with Crippen LogP contribution in [0, 0.1) is 0 Å². The van der Waals surface area contributed by atoms with Crippen LogP contribution >= 0.6 is 0 Å². The van der Waals surface area contributed by atoms with E-state index < -0.39 is 18.0 Å². The van der Waals surface area contributed by atoms with Crippen LogP contribution in [0.3, 0.4) is 0 Å². The van der Waals surface area contributed by atoms with Crippen molar-refractivity contribution in [3.05, 3.63) is 0 Å². The number of rotatable bonds is 5. The first-order chi connectivity index (χ1) is 7.09. The molecule has 2 N–H and O–H groups in total. The molecule has 0 saturated carbocycles. The summed E-state index contributed by atoms with van der Waals surface area (Å²) in [5.74, 6) is -1.65. The van der Waals surface area contributed by atoms with Gasteiger partial charge in [0.1, 0.15) is 6.04 Å².